The van der Waals surface area contributed by atoms with Gasteiger partial charge in [-0.3, -0.25) is 4.68 Å². The third kappa shape index (κ3) is 3.72. The van der Waals surface area contributed by atoms with Gasteiger partial charge < -0.3 is 0 Å². The van der Waals surface area contributed by atoms with Crippen LogP contribution in [-0.4, -0.2) is 9.78 Å². The van der Waals surface area contributed by atoms with Crippen LogP contribution in [0.4, 0.5) is 0 Å². The highest BCUT2D eigenvalue weighted by molar-refractivity contribution is 9.09. The van der Waals surface area contributed by atoms with Crippen molar-refractivity contribution in [2.45, 2.75) is 44.5 Å². The number of hydrogen-bond acceptors (Lipinski definition) is 1. The Kier molecular flexibility index (Phi) is 5.41. The fourth-order valence-electron chi connectivity index (χ4n) is 2.32. The van der Waals surface area contributed by atoms with Crippen molar-refractivity contribution < 1.29 is 0 Å². The molecule has 0 spiro atoms. The van der Waals surface area contributed by atoms with Crippen molar-refractivity contribution in [2.24, 2.45) is 5.92 Å². The van der Waals surface area contributed by atoms with Crippen LogP contribution < -0.4 is 0 Å². The molecule has 0 bridgehead atoms. The molecular weight excluding hydrogens is 312 g/mol. The zero-order chi connectivity index (χ0) is 14.5. The summed E-state index contributed by atoms with van der Waals surface area (Å²) >= 11 is 3.82. The molecule has 2 nitrogen and oxygen atoms in total. The van der Waals surface area contributed by atoms with Gasteiger partial charge in [-0.1, -0.05) is 60.1 Å². The molecule has 2 aromatic rings. The smallest absolute Gasteiger partial charge is 0.0627 e. The number of benzene rings is 1. The van der Waals surface area contributed by atoms with Crippen molar-refractivity contribution in [1.29, 1.82) is 0 Å². The second kappa shape index (κ2) is 7.07. The Hall–Kier alpha value is -1.09. The van der Waals surface area contributed by atoms with Crippen LogP contribution in [0.2, 0.25) is 0 Å². The van der Waals surface area contributed by atoms with E-state index < -0.39 is 0 Å². The van der Waals surface area contributed by atoms with Crippen LogP contribution in [0.3, 0.4) is 0 Å². The van der Waals surface area contributed by atoms with Gasteiger partial charge in [0.15, 0.2) is 0 Å². The maximum absolute atomic E-state index is 4.69. The molecule has 1 aromatic carbocycles. The Morgan fingerprint density at radius 3 is 2.50 bits per heavy atom. The van der Waals surface area contributed by atoms with Crippen molar-refractivity contribution >= 4 is 15.9 Å². The number of nitrogens with zero attached hydrogens (tertiary/aromatic N) is 2. The first-order valence-electron chi connectivity index (χ1n) is 7.34. The van der Waals surface area contributed by atoms with Crippen LogP contribution in [0.15, 0.2) is 42.6 Å². The number of aromatic nitrogens is 2. The molecule has 3 heteroatoms. The molecule has 1 heterocycles. The minimum atomic E-state index is 0.373. The number of alkyl halides is 1. The van der Waals surface area contributed by atoms with Crippen LogP contribution in [0, 0.1) is 5.92 Å². The summed E-state index contributed by atoms with van der Waals surface area (Å²) in [5.41, 5.74) is 2.51. The molecule has 0 aliphatic heterocycles. The Balaban J connectivity index is 2.01. The lowest BCUT2D eigenvalue weighted by Crippen LogP contribution is -2.09. The molecule has 0 N–H and O–H groups in total. The van der Waals surface area contributed by atoms with Gasteiger partial charge >= 0.3 is 0 Å². The van der Waals surface area contributed by atoms with E-state index in [1.807, 2.05) is 0 Å². The topological polar surface area (TPSA) is 17.8 Å². The zero-order valence-electron chi connectivity index (χ0n) is 12.5. The Morgan fingerprint density at radius 1 is 1.15 bits per heavy atom. The Morgan fingerprint density at radius 2 is 1.85 bits per heavy atom. The molecule has 0 radical (unpaired) electrons. The molecule has 20 heavy (non-hydrogen) atoms. The van der Waals surface area contributed by atoms with Crippen LogP contribution in [0.5, 0.6) is 0 Å². The van der Waals surface area contributed by atoms with Gasteiger partial charge in [0.25, 0.3) is 0 Å². The molecular formula is C17H23BrN2. The first-order valence-corrected chi connectivity index (χ1v) is 8.26. The van der Waals surface area contributed by atoms with E-state index >= 15 is 0 Å². The van der Waals surface area contributed by atoms with Crippen LogP contribution >= 0.6 is 15.9 Å². The second-order valence-electron chi connectivity index (χ2n) is 5.54. The number of hydrogen-bond donors (Lipinski definition) is 0. The number of rotatable bonds is 6. The van der Waals surface area contributed by atoms with Crippen LogP contribution in [-0.2, 0) is 6.42 Å². The molecule has 0 saturated carbocycles. The first-order chi connectivity index (χ1) is 9.61. The fourth-order valence-corrected chi connectivity index (χ4v) is 2.81. The third-order valence-corrected chi connectivity index (χ3v) is 5.29. The molecule has 108 valence electrons. The van der Waals surface area contributed by atoms with Crippen molar-refractivity contribution in [3.63, 3.8) is 0 Å². The third-order valence-electron chi connectivity index (χ3n) is 3.85. The van der Waals surface area contributed by atoms with E-state index in [0.717, 1.165) is 12.8 Å². The van der Waals surface area contributed by atoms with Crippen LogP contribution in [0.25, 0.3) is 0 Å². The average molecular weight is 335 g/mol. The first kappa shape index (κ1) is 15.3. The minimum Gasteiger partial charge on any atom is -0.270 e. The summed E-state index contributed by atoms with van der Waals surface area (Å²) in [6.07, 6.45) is 4.21. The maximum Gasteiger partial charge on any atom is 0.0627 e. The Labute approximate surface area is 130 Å². The predicted octanol–water partition coefficient (Wildman–Crippen LogP) is 5.17. The zero-order valence-corrected chi connectivity index (χ0v) is 14.0. The molecule has 0 fully saturated rings. The molecule has 0 amide bonds. The highest BCUT2D eigenvalue weighted by atomic mass is 79.9. The highest BCUT2D eigenvalue weighted by Gasteiger charge is 2.17. The fraction of sp³-hybridized carbons (Fsp3) is 0.471. The van der Waals surface area contributed by atoms with Gasteiger partial charge in [-0.2, -0.15) is 5.10 Å². The predicted molar refractivity (Wildman–Crippen MR) is 88.2 cm³/mol. The van der Waals surface area contributed by atoms with E-state index in [9.17, 15) is 0 Å². The summed E-state index contributed by atoms with van der Waals surface area (Å²) in [5.74, 6) is 0.512. The minimum absolute atomic E-state index is 0.373. The average Bonchev–Trinajstić information content (AvgIpc) is 2.95. The normalized spacial score (nSPS) is 15.8. The molecule has 0 saturated heterocycles. The highest BCUT2D eigenvalue weighted by Crippen LogP contribution is 2.32. The second-order valence-corrected chi connectivity index (χ2v) is 6.52. The number of halogens is 1. The van der Waals surface area contributed by atoms with E-state index in [1.54, 1.807) is 0 Å². The van der Waals surface area contributed by atoms with Gasteiger partial charge in [0.1, 0.15) is 0 Å². The summed E-state index contributed by atoms with van der Waals surface area (Å²) < 4.78 is 2.08. The lowest BCUT2D eigenvalue weighted by molar-refractivity contribution is 0.467. The van der Waals surface area contributed by atoms with Gasteiger partial charge in [0.05, 0.1) is 5.69 Å². The molecule has 0 aliphatic carbocycles. The summed E-state index contributed by atoms with van der Waals surface area (Å²) in [6, 6.07) is 13.2. The molecule has 3 unspecified atom stereocenters. The van der Waals surface area contributed by atoms with Gasteiger partial charge in [0, 0.05) is 17.1 Å². The van der Waals surface area contributed by atoms with Crippen molar-refractivity contribution in [2.75, 3.05) is 0 Å². The Bertz CT molecular complexity index is 521. The quantitative estimate of drug-likeness (QED) is 0.666. The lowest BCUT2D eigenvalue weighted by atomic mass is 9.96. The summed E-state index contributed by atoms with van der Waals surface area (Å²) in [4.78, 5) is 0.373. The van der Waals surface area contributed by atoms with E-state index in [1.165, 1.54) is 11.3 Å². The van der Waals surface area contributed by atoms with Crippen LogP contribution in [0.1, 0.15) is 49.3 Å². The van der Waals surface area contributed by atoms with Crippen molar-refractivity contribution in [3.8, 4) is 0 Å². The molecule has 1 aromatic heterocycles. The SMILES string of the molecule is CCC(C)n1ccc(CC(C)C(Br)c2ccccc2)n1. The van der Waals surface area contributed by atoms with E-state index in [0.29, 0.717) is 16.8 Å². The van der Waals surface area contributed by atoms with Gasteiger partial charge in [-0.05, 0) is 37.3 Å². The molecule has 0 aliphatic rings. The maximum atomic E-state index is 4.69. The van der Waals surface area contributed by atoms with Gasteiger partial charge in [0.2, 0.25) is 0 Å². The molecule has 2 rings (SSSR count). The van der Waals surface area contributed by atoms with Gasteiger partial charge in [-0.15, -0.1) is 0 Å². The van der Waals surface area contributed by atoms with Gasteiger partial charge in [-0.25, -0.2) is 0 Å². The largest absolute Gasteiger partial charge is 0.270 e. The summed E-state index contributed by atoms with van der Waals surface area (Å²) in [5, 5.41) is 4.69. The van der Waals surface area contributed by atoms with E-state index in [4.69, 9.17) is 5.10 Å². The summed E-state index contributed by atoms with van der Waals surface area (Å²) in [6.45, 7) is 6.67. The van der Waals surface area contributed by atoms with Crippen molar-refractivity contribution in [1.82, 2.24) is 9.78 Å². The molecule has 3 atom stereocenters. The van der Waals surface area contributed by atoms with Crippen molar-refractivity contribution in [3.05, 3.63) is 53.9 Å². The summed E-state index contributed by atoms with van der Waals surface area (Å²) in [7, 11) is 0. The monoisotopic (exact) mass is 334 g/mol. The lowest BCUT2D eigenvalue weighted by Gasteiger charge is -2.18. The van der Waals surface area contributed by atoms with E-state index in [2.05, 4.69) is 84.0 Å². The van der Waals surface area contributed by atoms with E-state index in [-0.39, 0.29) is 0 Å². The standard InChI is InChI=1S/C17H23BrN2/c1-4-14(3)20-11-10-16(19-20)12-13(2)17(18)15-8-6-5-7-9-15/h5-11,13-14,17H,4,12H2,1-3H3.